The molecule has 0 aliphatic carbocycles. The number of ether oxygens (including phenoxy) is 1. The second-order valence-corrected chi connectivity index (χ2v) is 3.62. The van der Waals surface area contributed by atoms with Gasteiger partial charge in [-0.25, -0.2) is 4.79 Å². The quantitative estimate of drug-likeness (QED) is 0.471. The maximum Gasteiger partial charge on any atom is 0.406 e. The van der Waals surface area contributed by atoms with Gasteiger partial charge in [-0.1, -0.05) is 31.8 Å². The summed E-state index contributed by atoms with van der Waals surface area (Å²) in [5.74, 6) is 0. The molecular formula is C12H23NO2. The SMILES string of the molecule is C=CCCCCCCCCNC(=O)OC. The summed E-state index contributed by atoms with van der Waals surface area (Å²) in [4.78, 5) is 10.7. The standard InChI is InChI=1S/C12H23NO2/c1-3-4-5-6-7-8-9-10-11-13-12(14)15-2/h3H,1,4-11H2,2H3,(H,13,14). The molecule has 0 rings (SSSR count). The summed E-state index contributed by atoms with van der Waals surface area (Å²) in [7, 11) is 1.38. The second-order valence-electron chi connectivity index (χ2n) is 3.62. The van der Waals surface area contributed by atoms with Crippen LogP contribution in [0.2, 0.25) is 0 Å². The highest BCUT2D eigenvalue weighted by atomic mass is 16.5. The molecule has 3 nitrogen and oxygen atoms in total. The van der Waals surface area contributed by atoms with Gasteiger partial charge in [0.05, 0.1) is 7.11 Å². The Balaban J connectivity index is 2.98. The fraction of sp³-hybridized carbons (Fsp3) is 0.750. The predicted molar refractivity (Wildman–Crippen MR) is 62.9 cm³/mol. The Hall–Kier alpha value is -0.990. The van der Waals surface area contributed by atoms with E-state index in [1.165, 1.54) is 39.2 Å². The Morgan fingerprint density at radius 1 is 1.20 bits per heavy atom. The van der Waals surface area contributed by atoms with Crippen molar-refractivity contribution in [1.29, 1.82) is 0 Å². The molecule has 0 aromatic heterocycles. The largest absolute Gasteiger partial charge is 0.453 e. The number of carbonyl (C=O) groups excluding carboxylic acids is 1. The number of methoxy groups -OCH3 is 1. The normalized spacial score (nSPS) is 9.67. The first-order valence-corrected chi connectivity index (χ1v) is 5.74. The van der Waals surface area contributed by atoms with Crippen LogP contribution in [0, 0.1) is 0 Å². The average molecular weight is 213 g/mol. The van der Waals surface area contributed by atoms with Crippen LogP contribution < -0.4 is 5.32 Å². The van der Waals surface area contributed by atoms with E-state index in [4.69, 9.17) is 0 Å². The number of hydrogen-bond donors (Lipinski definition) is 1. The molecule has 0 atom stereocenters. The number of nitrogens with one attached hydrogen (secondary N) is 1. The molecule has 0 radical (unpaired) electrons. The van der Waals surface area contributed by atoms with Crippen molar-refractivity contribution in [3.8, 4) is 0 Å². The van der Waals surface area contributed by atoms with E-state index in [-0.39, 0.29) is 6.09 Å². The Morgan fingerprint density at radius 3 is 2.40 bits per heavy atom. The Labute approximate surface area is 92.9 Å². The van der Waals surface area contributed by atoms with Gasteiger partial charge in [-0.2, -0.15) is 0 Å². The summed E-state index contributed by atoms with van der Waals surface area (Å²) in [6, 6.07) is 0. The molecule has 3 heteroatoms. The molecule has 15 heavy (non-hydrogen) atoms. The van der Waals surface area contributed by atoms with Crippen LogP contribution in [0.1, 0.15) is 44.9 Å². The Bertz CT molecular complexity index is 169. The van der Waals surface area contributed by atoms with Gasteiger partial charge in [0, 0.05) is 6.54 Å². The van der Waals surface area contributed by atoms with E-state index in [1.54, 1.807) is 0 Å². The van der Waals surface area contributed by atoms with Crippen LogP contribution in [-0.2, 0) is 4.74 Å². The molecule has 0 unspecified atom stereocenters. The fourth-order valence-corrected chi connectivity index (χ4v) is 1.38. The summed E-state index contributed by atoms with van der Waals surface area (Å²) in [6.45, 7) is 4.41. The van der Waals surface area contributed by atoms with E-state index < -0.39 is 0 Å². The van der Waals surface area contributed by atoms with E-state index in [0.717, 1.165) is 19.4 Å². The van der Waals surface area contributed by atoms with Crippen molar-refractivity contribution in [2.75, 3.05) is 13.7 Å². The van der Waals surface area contributed by atoms with Crippen molar-refractivity contribution in [3.05, 3.63) is 12.7 Å². The van der Waals surface area contributed by atoms with Gasteiger partial charge in [0.2, 0.25) is 0 Å². The summed E-state index contributed by atoms with van der Waals surface area (Å²) in [5, 5.41) is 2.67. The molecule has 0 aliphatic rings. The molecule has 1 N–H and O–H groups in total. The zero-order valence-corrected chi connectivity index (χ0v) is 9.76. The first-order chi connectivity index (χ1) is 7.31. The third-order valence-electron chi connectivity index (χ3n) is 2.29. The number of alkyl carbamates (subject to hydrolysis) is 1. The zero-order chi connectivity index (χ0) is 11.4. The van der Waals surface area contributed by atoms with Crippen LogP contribution >= 0.6 is 0 Å². The summed E-state index contributed by atoms with van der Waals surface area (Å²) >= 11 is 0. The molecule has 0 aromatic carbocycles. The minimum atomic E-state index is -0.332. The predicted octanol–water partition coefficient (Wildman–Crippen LogP) is 3.26. The van der Waals surface area contributed by atoms with Gasteiger partial charge in [-0.15, -0.1) is 6.58 Å². The van der Waals surface area contributed by atoms with Crippen LogP contribution in [0.3, 0.4) is 0 Å². The third kappa shape index (κ3) is 10.9. The number of rotatable bonds is 9. The number of hydrogen-bond acceptors (Lipinski definition) is 2. The highest BCUT2D eigenvalue weighted by Gasteiger charge is 1.96. The lowest BCUT2D eigenvalue weighted by atomic mass is 10.1. The smallest absolute Gasteiger partial charge is 0.406 e. The van der Waals surface area contributed by atoms with E-state index in [1.807, 2.05) is 6.08 Å². The number of carbonyl (C=O) groups is 1. The van der Waals surface area contributed by atoms with Gasteiger partial charge in [0.25, 0.3) is 0 Å². The van der Waals surface area contributed by atoms with Crippen LogP contribution in [0.25, 0.3) is 0 Å². The first kappa shape index (κ1) is 14.0. The van der Waals surface area contributed by atoms with Crippen LogP contribution in [0.5, 0.6) is 0 Å². The molecule has 88 valence electrons. The monoisotopic (exact) mass is 213 g/mol. The van der Waals surface area contributed by atoms with Crippen LogP contribution in [0.4, 0.5) is 4.79 Å². The number of unbranched alkanes of at least 4 members (excludes halogenated alkanes) is 6. The van der Waals surface area contributed by atoms with Crippen molar-refractivity contribution >= 4 is 6.09 Å². The molecule has 0 saturated heterocycles. The van der Waals surface area contributed by atoms with Crippen LogP contribution in [0.15, 0.2) is 12.7 Å². The van der Waals surface area contributed by atoms with Gasteiger partial charge >= 0.3 is 6.09 Å². The van der Waals surface area contributed by atoms with Gasteiger partial charge < -0.3 is 10.1 Å². The maximum atomic E-state index is 10.7. The van der Waals surface area contributed by atoms with E-state index in [0.29, 0.717) is 0 Å². The van der Waals surface area contributed by atoms with Gasteiger partial charge in [-0.3, -0.25) is 0 Å². The van der Waals surface area contributed by atoms with E-state index >= 15 is 0 Å². The zero-order valence-electron chi connectivity index (χ0n) is 9.76. The highest BCUT2D eigenvalue weighted by Crippen LogP contribution is 2.06. The van der Waals surface area contributed by atoms with Gasteiger partial charge in [0.15, 0.2) is 0 Å². The topological polar surface area (TPSA) is 38.3 Å². The summed E-state index contributed by atoms with van der Waals surface area (Å²) in [6.07, 6.45) is 10.1. The molecule has 0 spiro atoms. The number of amides is 1. The molecule has 1 amide bonds. The minimum Gasteiger partial charge on any atom is -0.453 e. The summed E-state index contributed by atoms with van der Waals surface area (Å²) < 4.78 is 4.46. The van der Waals surface area contributed by atoms with Crippen LogP contribution in [-0.4, -0.2) is 19.7 Å². The van der Waals surface area contributed by atoms with Crippen molar-refractivity contribution in [2.24, 2.45) is 0 Å². The minimum absolute atomic E-state index is 0.332. The molecule has 0 fully saturated rings. The molecule has 0 bridgehead atoms. The lowest BCUT2D eigenvalue weighted by molar-refractivity contribution is 0.171. The number of allylic oxidation sites excluding steroid dienone is 1. The van der Waals surface area contributed by atoms with Crippen molar-refractivity contribution in [3.63, 3.8) is 0 Å². The molecule has 0 saturated carbocycles. The molecule has 0 aromatic rings. The van der Waals surface area contributed by atoms with Crippen molar-refractivity contribution in [1.82, 2.24) is 5.32 Å². The van der Waals surface area contributed by atoms with Crippen molar-refractivity contribution in [2.45, 2.75) is 44.9 Å². The Kier molecular flexibility index (Phi) is 10.4. The lowest BCUT2D eigenvalue weighted by Gasteiger charge is -2.03. The molecule has 0 aliphatic heterocycles. The summed E-state index contributed by atoms with van der Waals surface area (Å²) in [5.41, 5.74) is 0. The lowest BCUT2D eigenvalue weighted by Crippen LogP contribution is -2.23. The van der Waals surface area contributed by atoms with Gasteiger partial charge in [0.1, 0.15) is 0 Å². The Morgan fingerprint density at radius 2 is 1.80 bits per heavy atom. The molecular weight excluding hydrogens is 190 g/mol. The van der Waals surface area contributed by atoms with E-state index in [2.05, 4.69) is 16.6 Å². The fourth-order valence-electron chi connectivity index (χ4n) is 1.38. The van der Waals surface area contributed by atoms with E-state index in [9.17, 15) is 4.79 Å². The first-order valence-electron chi connectivity index (χ1n) is 5.74. The third-order valence-corrected chi connectivity index (χ3v) is 2.29. The average Bonchev–Trinajstić information content (AvgIpc) is 2.26. The van der Waals surface area contributed by atoms with Crippen molar-refractivity contribution < 1.29 is 9.53 Å². The molecule has 0 heterocycles. The van der Waals surface area contributed by atoms with Gasteiger partial charge in [-0.05, 0) is 19.3 Å². The maximum absolute atomic E-state index is 10.7. The highest BCUT2D eigenvalue weighted by molar-refractivity contribution is 5.66. The second kappa shape index (κ2) is 11.1.